The van der Waals surface area contributed by atoms with Crippen LogP contribution in [0.5, 0.6) is 0 Å². The number of rotatable bonds is 2. The zero-order valence-corrected chi connectivity index (χ0v) is 9.83. The number of nitrogens with one attached hydrogen (secondary N) is 1. The first-order valence-corrected chi connectivity index (χ1v) is 6.67. The second-order valence-electron chi connectivity index (χ2n) is 4.21. The van der Waals surface area contributed by atoms with E-state index in [1.807, 2.05) is 0 Å². The minimum absolute atomic E-state index is 0.00426. The van der Waals surface area contributed by atoms with E-state index in [1.165, 1.54) is 16.7 Å². The summed E-state index contributed by atoms with van der Waals surface area (Å²) < 4.78 is 0. The number of thioether (sulfide) groups is 1. The van der Waals surface area contributed by atoms with Gasteiger partial charge >= 0.3 is 5.97 Å². The standard InChI is InChI=1S/C10H16N2O3S/c13-9(7-2-1-3-11-4-7)12-6-16-5-8(12)10(14)15/h7-8,11H,1-6H2,(H,14,15)/t7-,8?/m1/s1. The number of hydrogen-bond acceptors (Lipinski definition) is 4. The molecular weight excluding hydrogens is 228 g/mol. The summed E-state index contributed by atoms with van der Waals surface area (Å²) in [4.78, 5) is 24.6. The Balaban J connectivity index is 1.99. The Morgan fingerprint density at radius 1 is 1.44 bits per heavy atom. The Labute approximate surface area is 98.6 Å². The van der Waals surface area contributed by atoms with Crippen molar-refractivity contribution in [2.24, 2.45) is 5.92 Å². The van der Waals surface area contributed by atoms with Crippen LogP contribution in [-0.2, 0) is 9.59 Å². The molecule has 0 saturated carbocycles. The van der Waals surface area contributed by atoms with Gasteiger partial charge in [0.15, 0.2) is 0 Å². The van der Waals surface area contributed by atoms with Gasteiger partial charge in [0.2, 0.25) is 5.91 Å². The van der Waals surface area contributed by atoms with Crippen LogP contribution in [0.2, 0.25) is 0 Å². The molecule has 2 N–H and O–H groups in total. The lowest BCUT2D eigenvalue weighted by Gasteiger charge is -2.28. The Morgan fingerprint density at radius 3 is 2.88 bits per heavy atom. The van der Waals surface area contributed by atoms with Gasteiger partial charge in [-0.15, -0.1) is 11.8 Å². The molecule has 1 unspecified atom stereocenters. The van der Waals surface area contributed by atoms with E-state index in [-0.39, 0.29) is 11.8 Å². The van der Waals surface area contributed by atoms with Crippen molar-refractivity contribution in [2.75, 3.05) is 24.7 Å². The van der Waals surface area contributed by atoms with Crippen molar-refractivity contribution < 1.29 is 14.7 Å². The van der Waals surface area contributed by atoms with Gasteiger partial charge in [0.1, 0.15) is 6.04 Å². The van der Waals surface area contributed by atoms with Crippen LogP contribution in [0.15, 0.2) is 0 Å². The van der Waals surface area contributed by atoms with Gasteiger partial charge in [0.25, 0.3) is 0 Å². The second kappa shape index (κ2) is 5.05. The van der Waals surface area contributed by atoms with Crippen molar-refractivity contribution in [2.45, 2.75) is 18.9 Å². The fourth-order valence-electron chi connectivity index (χ4n) is 2.16. The molecule has 2 aliphatic heterocycles. The van der Waals surface area contributed by atoms with Gasteiger partial charge in [-0.05, 0) is 19.4 Å². The van der Waals surface area contributed by atoms with Crippen LogP contribution < -0.4 is 5.32 Å². The molecule has 2 rings (SSSR count). The van der Waals surface area contributed by atoms with Crippen LogP contribution in [0.3, 0.4) is 0 Å². The van der Waals surface area contributed by atoms with E-state index in [9.17, 15) is 9.59 Å². The maximum absolute atomic E-state index is 12.1. The molecule has 16 heavy (non-hydrogen) atoms. The number of aliphatic carboxylic acids is 1. The average Bonchev–Trinajstić information content (AvgIpc) is 2.78. The van der Waals surface area contributed by atoms with Gasteiger partial charge in [-0.2, -0.15) is 0 Å². The molecule has 0 aromatic rings. The van der Waals surface area contributed by atoms with E-state index in [0.717, 1.165) is 19.4 Å². The number of carbonyl (C=O) groups is 2. The van der Waals surface area contributed by atoms with E-state index in [0.29, 0.717) is 18.2 Å². The van der Waals surface area contributed by atoms with Gasteiger partial charge in [-0.1, -0.05) is 0 Å². The van der Waals surface area contributed by atoms with Crippen molar-refractivity contribution in [1.82, 2.24) is 10.2 Å². The van der Waals surface area contributed by atoms with Crippen LogP contribution in [0.4, 0.5) is 0 Å². The van der Waals surface area contributed by atoms with E-state index in [2.05, 4.69) is 5.32 Å². The molecule has 0 aromatic carbocycles. The highest BCUT2D eigenvalue weighted by atomic mass is 32.2. The molecule has 0 spiro atoms. The monoisotopic (exact) mass is 244 g/mol. The Kier molecular flexibility index (Phi) is 3.70. The molecule has 1 amide bonds. The van der Waals surface area contributed by atoms with Crippen molar-refractivity contribution in [3.05, 3.63) is 0 Å². The predicted molar refractivity (Wildman–Crippen MR) is 61.2 cm³/mol. The first-order chi connectivity index (χ1) is 7.70. The first kappa shape index (κ1) is 11.7. The summed E-state index contributed by atoms with van der Waals surface area (Å²) in [5, 5.41) is 12.2. The molecule has 6 heteroatoms. The maximum atomic E-state index is 12.1. The van der Waals surface area contributed by atoms with Crippen LogP contribution in [0.1, 0.15) is 12.8 Å². The molecule has 0 aliphatic carbocycles. The minimum atomic E-state index is -0.887. The normalized spacial score (nSPS) is 30.4. The Bertz CT molecular complexity index is 292. The predicted octanol–water partition coefficient (Wildman–Crippen LogP) is -0.0279. The van der Waals surface area contributed by atoms with Gasteiger partial charge in [0.05, 0.1) is 11.8 Å². The van der Waals surface area contributed by atoms with Crippen molar-refractivity contribution in [3.8, 4) is 0 Å². The third kappa shape index (κ3) is 2.32. The molecule has 2 heterocycles. The Hall–Kier alpha value is -0.750. The smallest absolute Gasteiger partial charge is 0.327 e. The summed E-state index contributed by atoms with van der Waals surface area (Å²) in [5.74, 6) is 0.120. The maximum Gasteiger partial charge on any atom is 0.327 e. The number of amides is 1. The van der Waals surface area contributed by atoms with Gasteiger partial charge in [0, 0.05) is 12.3 Å². The summed E-state index contributed by atoms with van der Waals surface area (Å²) in [7, 11) is 0. The molecule has 0 aromatic heterocycles. The first-order valence-electron chi connectivity index (χ1n) is 5.52. The molecule has 2 saturated heterocycles. The van der Waals surface area contributed by atoms with Gasteiger partial charge in [-0.3, -0.25) is 4.79 Å². The van der Waals surface area contributed by atoms with Crippen LogP contribution >= 0.6 is 11.8 Å². The molecule has 2 aliphatic rings. The summed E-state index contributed by atoms with van der Waals surface area (Å²) in [6.45, 7) is 1.65. The lowest BCUT2D eigenvalue weighted by molar-refractivity contribution is -0.149. The molecule has 5 nitrogen and oxygen atoms in total. The minimum Gasteiger partial charge on any atom is -0.480 e. The number of hydrogen-bond donors (Lipinski definition) is 2. The quantitative estimate of drug-likeness (QED) is 0.714. The SMILES string of the molecule is O=C(O)C1CSCN1C(=O)[C@@H]1CCCNC1. The highest BCUT2D eigenvalue weighted by Gasteiger charge is 2.37. The summed E-state index contributed by atoms with van der Waals surface area (Å²) in [6, 6.07) is -0.626. The van der Waals surface area contributed by atoms with E-state index >= 15 is 0 Å². The number of carbonyl (C=O) groups excluding carboxylic acids is 1. The van der Waals surface area contributed by atoms with Crippen molar-refractivity contribution >= 4 is 23.6 Å². The molecule has 0 bridgehead atoms. The number of piperidine rings is 1. The van der Waals surface area contributed by atoms with Crippen LogP contribution in [0, 0.1) is 5.92 Å². The fourth-order valence-corrected chi connectivity index (χ4v) is 3.32. The molecule has 2 atom stereocenters. The Morgan fingerprint density at radius 2 is 2.25 bits per heavy atom. The average molecular weight is 244 g/mol. The third-order valence-electron chi connectivity index (χ3n) is 3.10. The van der Waals surface area contributed by atoms with Gasteiger partial charge in [-0.25, -0.2) is 4.79 Å². The highest BCUT2D eigenvalue weighted by Crippen LogP contribution is 2.24. The van der Waals surface area contributed by atoms with Crippen molar-refractivity contribution in [1.29, 1.82) is 0 Å². The summed E-state index contributed by atoms with van der Waals surface area (Å²) in [6.07, 6.45) is 1.87. The number of carboxylic acids is 1. The lowest BCUT2D eigenvalue weighted by atomic mass is 9.98. The number of carboxylic acid groups (broad SMARTS) is 1. The van der Waals surface area contributed by atoms with Crippen molar-refractivity contribution in [3.63, 3.8) is 0 Å². The number of nitrogens with zero attached hydrogens (tertiary/aromatic N) is 1. The lowest BCUT2D eigenvalue weighted by Crippen LogP contribution is -2.48. The largest absolute Gasteiger partial charge is 0.480 e. The van der Waals surface area contributed by atoms with E-state index < -0.39 is 12.0 Å². The highest BCUT2D eigenvalue weighted by molar-refractivity contribution is 7.99. The molecule has 0 radical (unpaired) electrons. The molecule has 90 valence electrons. The van der Waals surface area contributed by atoms with Crippen LogP contribution in [-0.4, -0.2) is 52.6 Å². The third-order valence-corrected chi connectivity index (χ3v) is 4.11. The zero-order chi connectivity index (χ0) is 11.5. The topological polar surface area (TPSA) is 69.6 Å². The van der Waals surface area contributed by atoms with Gasteiger partial charge < -0.3 is 15.3 Å². The van der Waals surface area contributed by atoms with E-state index in [4.69, 9.17) is 5.11 Å². The second-order valence-corrected chi connectivity index (χ2v) is 5.21. The summed E-state index contributed by atoms with van der Waals surface area (Å²) in [5.41, 5.74) is 0. The zero-order valence-electron chi connectivity index (χ0n) is 9.02. The summed E-state index contributed by atoms with van der Waals surface area (Å²) >= 11 is 1.51. The molecule has 2 fully saturated rings. The van der Waals surface area contributed by atoms with Crippen LogP contribution in [0.25, 0.3) is 0 Å². The fraction of sp³-hybridized carbons (Fsp3) is 0.800. The van der Waals surface area contributed by atoms with E-state index in [1.54, 1.807) is 0 Å². The molecular formula is C10H16N2O3S.